The number of rotatable bonds is 8. The summed E-state index contributed by atoms with van der Waals surface area (Å²) in [5.74, 6) is 0. The van der Waals surface area contributed by atoms with Crippen LogP contribution in [0.1, 0.15) is 38.5 Å². The van der Waals surface area contributed by atoms with Crippen LogP contribution >= 0.6 is 0 Å². The molecule has 1 fully saturated rings. The lowest BCUT2D eigenvalue weighted by Gasteiger charge is -2.36. The maximum atomic E-state index is 6.10. The smallest absolute Gasteiger partial charge is 0.0589 e. The normalized spacial score (nSPS) is 19.7. The molecule has 0 unspecified atom stereocenters. The van der Waals surface area contributed by atoms with Crippen molar-refractivity contribution in [2.75, 3.05) is 39.9 Å². The third kappa shape index (κ3) is 5.09. The fraction of sp³-hybridized carbons (Fsp3) is 0.867. The number of nitrogens with two attached hydrogens (primary N) is 1. The Kier molecular flexibility index (Phi) is 7.56. The second-order valence-electron chi connectivity index (χ2n) is 5.63. The van der Waals surface area contributed by atoms with Gasteiger partial charge in [0.15, 0.2) is 0 Å². The summed E-state index contributed by atoms with van der Waals surface area (Å²) in [7, 11) is 1.76. The number of ether oxygens (including phenoxy) is 1. The zero-order valence-corrected chi connectivity index (χ0v) is 12.0. The summed E-state index contributed by atoms with van der Waals surface area (Å²) in [6, 6.07) is 0. The lowest BCUT2D eigenvalue weighted by Crippen LogP contribution is -2.43. The van der Waals surface area contributed by atoms with Gasteiger partial charge in [-0.3, -0.25) is 4.90 Å². The standard InChI is InChI=1S/C15H30N2O/c1-3-10-17(11-12-18-2)14-15(13-16)8-6-4-5-7-9-15/h3H,1,4-14,16H2,2H3. The molecule has 0 spiro atoms. The highest BCUT2D eigenvalue weighted by Gasteiger charge is 2.31. The third-order valence-electron chi connectivity index (χ3n) is 4.16. The van der Waals surface area contributed by atoms with E-state index in [0.29, 0.717) is 5.41 Å². The minimum Gasteiger partial charge on any atom is -0.383 e. The molecule has 0 radical (unpaired) electrons. The van der Waals surface area contributed by atoms with Crippen LogP contribution in [0.15, 0.2) is 12.7 Å². The molecule has 0 aromatic rings. The van der Waals surface area contributed by atoms with Gasteiger partial charge in [0.1, 0.15) is 0 Å². The van der Waals surface area contributed by atoms with E-state index in [2.05, 4.69) is 11.5 Å². The molecule has 1 aliphatic rings. The minimum atomic E-state index is 0.327. The van der Waals surface area contributed by atoms with Crippen LogP contribution < -0.4 is 5.73 Å². The van der Waals surface area contributed by atoms with E-state index < -0.39 is 0 Å². The molecule has 3 nitrogen and oxygen atoms in total. The monoisotopic (exact) mass is 254 g/mol. The fourth-order valence-corrected chi connectivity index (χ4v) is 3.02. The van der Waals surface area contributed by atoms with E-state index >= 15 is 0 Å². The predicted molar refractivity (Wildman–Crippen MR) is 77.7 cm³/mol. The van der Waals surface area contributed by atoms with Crippen LogP contribution in [-0.2, 0) is 4.74 Å². The maximum absolute atomic E-state index is 6.10. The average Bonchev–Trinajstić information content (AvgIpc) is 2.62. The quantitative estimate of drug-likeness (QED) is 0.534. The van der Waals surface area contributed by atoms with Crippen molar-refractivity contribution >= 4 is 0 Å². The van der Waals surface area contributed by atoms with Crippen molar-refractivity contribution in [2.45, 2.75) is 38.5 Å². The van der Waals surface area contributed by atoms with Crippen molar-refractivity contribution in [3.8, 4) is 0 Å². The van der Waals surface area contributed by atoms with E-state index in [4.69, 9.17) is 10.5 Å². The lowest BCUT2D eigenvalue weighted by atomic mass is 9.80. The Morgan fingerprint density at radius 2 is 1.94 bits per heavy atom. The van der Waals surface area contributed by atoms with Crippen LogP contribution in [-0.4, -0.2) is 44.8 Å². The molecule has 0 aromatic heterocycles. The van der Waals surface area contributed by atoms with E-state index in [9.17, 15) is 0 Å². The van der Waals surface area contributed by atoms with Gasteiger partial charge in [-0.05, 0) is 24.8 Å². The summed E-state index contributed by atoms with van der Waals surface area (Å²) in [4.78, 5) is 2.44. The molecule has 1 saturated carbocycles. The molecule has 0 aliphatic heterocycles. The van der Waals surface area contributed by atoms with Gasteiger partial charge in [-0.2, -0.15) is 0 Å². The third-order valence-corrected chi connectivity index (χ3v) is 4.16. The lowest BCUT2D eigenvalue weighted by molar-refractivity contribution is 0.107. The molecule has 106 valence electrons. The van der Waals surface area contributed by atoms with Crippen LogP contribution in [0.5, 0.6) is 0 Å². The first kappa shape index (κ1) is 15.7. The van der Waals surface area contributed by atoms with Gasteiger partial charge in [-0.25, -0.2) is 0 Å². The number of hydrogen-bond acceptors (Lipinski definition) is 3. The molecule has 1 rings (SSSR count). The van der Waals surface area contributed by atoms with Gasteiger partial charge in [0.2, 0.25) is 0 Å². The van der Waals surface area contributed by atoms with Gasteiger partial charge in [0, 0.05) is 26.7 Å². The van der Waals surface area contributed by atoms with E-state index in [0.717, 1.165) is 32.8 Å². The first-order chi connectivity index (χ1) is 8.76. The van der Waals surface area contributed by atoms with Crippen molar-refractivity contribution in [3.05, 3.63) is 12.7 Å². The second kappa shape index (κ2) is 8.68. The molecule has 1 aliphatic carbocycles. The van der Waals surface area contributed by atoms with Gasteiger partial charge in [0.05, 0.1) is 6.61 Å². The Hall–Kier alpha value is -0.380. The summed E-state index contributed by atoms with van der Waals surface area (Å²) in [6.07, 6.45) is 9.97. The van der Waals surface area contributed by atoms with Crippen molar-refractivity contribution in [1.29, 1.82) is 0 Å². The van der Waals surface area contributed by atoms with Crippen molar-refractivity contribution in [2.24, 2.45) is 11.1 Å². The van der Waals surface area contributed by atoms with Crippen LogP contribution in [0.25, 0.3) is 0 Å². The fourth-order valence-electron chi connectivity index (χ4n) is 3.02. The zero-order chi connectivity index (χ0) is 13.3. The van der Waals surface area contributed by atoms with Gasteiger partial charge in [-0.1, -0.05) is 31.8 Å². The topological polar surface area (TPSA) is 38.5 Å². The van der Waals surface area contributed by atoms with Crippen molar-refractivity contribution in [1.82, 2.24) is 4.90 Å². The van der Waals surface area contributed by atoms with E-state index in [1.165, 1.54) is 38.5 Å². The van der Waals surface area contributed by atoms with E-state index in [-0.39, 0.29) is 0 Å². The molecular formula is C15H30N2O. The van der Waals surface area contributed by atoms with Crippen LogP contribution in [0, 0.1) is 5.41 Å². The first-order valence-corrected chi connectivity index (χ1v) is 7.28. The van der Waals surface area contributed by atoms with E-state index in [1.54, 1.807) is 7.11 Å². The Balaban J connectivity index is 2.57. The summed E-state index contributed by atoms with van der Waals surface area (Å²) in [5.41, 5.74) is 6.42. The number of nitrogens with zero attached hydrogens (tertiary/aromatic N) is 1. The Morgan fingerprint density at radius 1 is 1.28 bits per heavy atom. The van der Waals surface area contributed by atoms with Crippen molar-refractivity contribution < 1.29 is 4.74 Å². The average molecular weight is 254 g/mol. The Labute approximate surface area is 112 Å². The van der Waals surface area contributed by atoms with Gasteiger partial charge in [-0.15, -0.1) is 6.58 Å². The van der Waals surface area contributed by atoms with E-state index in [1.807, 2.05) is 6.08 Å². The summed E-state index contributed by atoms with van der Waals surface area (Å²) in [6.45, 7) is 8.46. The molecule has 0 aromatic carbocycles. The van der Waals surface area contributed by atoms with Gasteiger partial charge < -0.3 is 10.5 Å². The molecule has 0 saturated heterocycles. The van der Waals surface area contributed by atoms with Crippen molar-refractivity contribution in [3.63, 3.8) is 0 Å². The summed E-state index contributed by atoms with van der Waals surface area (Å²) >= 11 is 0. The number of methoxy groups -OCH3 is 1. The molecule has 3 heteroatoms. The summed E-state index contributed by atoms with van der Waals surface area (Å²) in [5, 5.41) is 0. The number of hydrogen-bond donors (Lipinski definition) is 1. The van der Waals surface area contributed by atoms with Crippen LogP contribution in [0.3, 0.4) is 0 Å². The second-order valence-corrected chi connectivity index (χ2v) is 5.63. The highest BCUT2D eigenvalue weighted by molar-refractivity contribution is 4.87. The largest absolute Gasteiger partial charge is 0.383 e. The Bertz CT molecular complexity index is 223. The van der Waals surface area contributed by atoms with Crippen LogP contribution in [0.4, 0.5) is 0 Å². The molecular weight excluding hydrogens is 224 g/mol. The van der Waals surface area contributed by atoms with Gasteiger partial charge in [0.25, 0.3) is 0 Å². The maximum Gasteiger partial charge on any atom is 0.0589 e. The highest BCUT2D eigenvalue weighted by atomic mass is 16.5. The molecule has 18 heavy (non-hydrogen) atoms. The minimum absolute atomic E-state index is 0.327. The highest BCUT2D eigenvalue weighted by Crippen LogP contribution is 2.34. The van der Waals surface area contributed by atoms with Gasteiger partial charge >= 0.3 is 0 Å². The molecule has 2 N–H and O–H groups in total. The molecule has 0 amide bonds. The SMILES string of the molecule is C=CCN(CCOC)CC1(CN)CCCCCC1. The molecule has 0 atom stereocenters. The molecule has 0 bridgehead atoms. The van der Waals surface area contributed by atoms with Crippen LogP contribution in [0.2, 0.25) is 0 Å². The Morgan fingerprint density at radius 3 is 2.44 bits per heavy atom. The molecule has 0 heterocycles. The predicted octanol–water partition coefficient (Wildman–Crippen LogP) is 2.42. The zero-order valence-electron chi connectivity index (χ0n) is 12.0. The summed E-state index contributed by atoms with van der Waals surface area (Å²) < 4.78 is 5.19. The first-order valence-electron chi connectivity index (χ1n) is 7.28.